The number of carbonyl (C=O) groups is 3. The zero-order valence-corrected chi connectivity index (χ0v) is 22.3. The van der Waals surface area contributed by atoms with Crippen LogP contribution in [0.3, 0.4) is 0 Å². The van der Waals surface area contributed by atoms with E-state index in [2.05, 4.69) is 5.32 Å². The highest BCUT2D eigenvalue weighted by atomic mass is 32.2. The third-order valence-electron chi connectivity index (χ3n) is 7.92. The van der Waals surface area contributed by atoms with Gasteiger partial charge in [-0.3, -0.25) is 14.4 Å². The van der Waals surface area contributed by atoms with Crippen LogP contribution in [0.5, 0.6) is 0 Å². The normalized spacial score (nSPS) is 23.1. The van der Waals surface area contributed by atoms with Gasteiger partial charge in [0.15, 0.2) is 6.17 Å². The average Bonchev–Trinajstić information content (AvgIpc) is 3.64. The fourth-order valence-electron chi connectivity index (χ4n) is 6.00. The summed E-state index contributed by atoms with van der Waals surface area (Å²) < 4.78 is 28.1. The van der Waals surface area contributed by atoms with Crippen LogP contribution < -0.4 is 5.32 Å². The quantitative estimate of drug-likeness (QED) is 0.470. The Kier molecular flexibility index (Phi) is 9.05. The smallest absolute Gasteiger partial charge is 0.305 e. The van der Waals surface area contributed by atoms with E-state index in [9.17, 15) is 27.9 Å². The zero-order chi connectivity index (χ0) is 25.7. The Hall–Kier alpha value is -1.98. The lowest BCUT2D eigenvalue weighted by Gasteiger charge is -2.34. The average molecular weight is 540 g/mol. The Labute approximate surface area is 217 Å². The summed E-state index contributed by atoms with van der Waals surface area (Å²) in [4.78, 5) is 39.9. The van der Waals surface area contributed by atoms with Crippen molar-refractivity contribution in [3.63, 3.8) is 0 Å². The van der Waals surface area contributed by atoms with E-state index in [0.717, 1.165) is 67.0 Å². The minimum absolute atomic E-state index is 0.0223. The molecule has 2 N–H and O–H groups in total. The van der Waals surface area contributed by atoms with E-state index in [1.54, 1.807) is 11.4 Å². The Bertz CT molecular complexity index is 1020. The van der Waals surface area contributed by atoms with E-state index in [4.69, 9.17) is 0 Å². The number of nitrogens with zero attached hydrogens (tertiary/aromatic N) is 2. The van der Waals surface area contributed by atoms with Crippen LogP contribution in [0.15, 0.2) is 21.7 Å². The van der Waals surface area contributed by atoms with Gasteiger partial charge in [-0.05, 0) is 42.5 Å². The summed E-state index contributed by atoms with van der Waals surface area (Å²) in [7, 11) is -3.99. The fourth-order valence-corrected chi connectivity index (χ4v) is 8.67. The van der Waals surface area contributed by atoms with Crippen molar-refractivity contribution in [2.75, 3.05) is 13.1 Å². The molecule has 2 unspecified atom stereocenters. The van der Waals surface area contributed by atoms with E-state index in [1.165, 1.54) is 23.8 Å². The molecular weight excluding hydrogens is 502 g/mol. The van der Waals surface area contributed by atoms with Gasteiger partial charge in [0, 0.05) is 25.6 Å². The lowest BCUT2D eigenvalue weighted by Crippen LogP contribution is -2.56. The lowest BCUT2D eigenvalue weighted by molar-refractivity contribution is -0.142. The number of rotatable bonds is 10. The molecule has 2 saturated carbocycles. The van der Waals surface area contributed by atoms with E-state index >= 15 is 0 Å². The van der Waals surface area contributed by atoms with Crippen LogP contribution in [-0.4, -0.2) is 65.8 Å². The number of carboxylic acid groups (broad SMARTS) is 1. The number of amides is 2. The van der Waals surface area contributed by atoms with Gasteiger partial charge < -0.3 is 15.3 Å². The number of nitrogens with one attached hydrogen (secondary N) is 1. The molecular formula is C25H37N3O6S2. The summed E-state index contributed by atoms with van der Waals surface area (Å²) in [5, 5.41) is 14.0. The number of carbonyl (C=O) groups excluding carboxylic acids is 2. The number of thiophene rings is 1. The molecule has 9 nitrogen and oxygen atoms in total. The van der Waals surface area contributed by atoms with Gasteiger partial charge in [0.05, 0.1) is 6.42 Å². The van der Waals surface area contributed by atoms with E-state index in [-0.39, 0.29) is 42.0 Å². The summed E-state index contributed by atoms with van der Waals surface area (Å²) in [5.74, 6) is -1.32. The van der Waals surface area contributed by atoms with Crippen molar-refractivity contribution in [2.24, 2.45) is 11.8 Å². The molecule has 0 aromatic carbocycles. The second-order valence-electron chi connectivity index (χ2n) is 10.3. The van der Waals surface area contributed by atoms with Crippen LogP contribution in [-0.2, 0) is 24.4 Å². The van der Waals surface area contributed by atoms with E-state index < -0.39 is 34.1 Å². The topological polar surface area (TPSA) is 124 Å². The Morgan fingerprint density at radius 3 is 2.39 bits per heavy atom. The van der Waals surface area contributed by atoms with Crippen LogP contribution >= 0.6 is 11.3 Å². The van der Waals surface area contributed by atoms with Crippen molar-refractivity contribution in [1.82, 2.24) is 14.5 Å². The van der Waals surface area contributed by atoms with Gasteiger partial charge in [-0.2, -0.15) is 4.31 Å². The molecule has 36 heavy (non-hydrogen) atoms. The third kappa shape index (κ3) is 6.28. The molecule has 1 aliphatic heterocycles. The van der Waals surface area contributed by atoms with Crippen molar-refractivity contribution in [1.29, 1.82) is 0 Å². The van der Waals surface area contributed by atoms with Gasteiger partial charge in [0.25, 0.3) is 15.9 Å². The number of sulfonamides is 1. The van der Waals surface area contributed by atoms with E-state index in [0.29, 0.717) is 5.92 Å². The Morgan fingerprint density at radius 2 is 1.75 bits per heavy atom. The van der Waals surface area contributed by atoms with Gasteiger partial charge in [0.2, 0.25) is 5.91 Å². The second kappa shape index (κ2) is 12.0. The van der Waals surface area contributed by atoms with Crippen molar-refractivity contribution < 1.29 is 27.9 Å². The molecule has 0 spiro atoms. The highest BCUT2D eigenvalue weighted by molar-refractivity contribution is 7.91. The maximum absolute atomic E-state index is 13.7. The first kappa shape index (κ1) is 27.1. The van der Waals surface area contributed by atoms with Gasteiger partial charge in [-0.25, -0.2) is 8.42 Å². The number of carboxylic acids is 1. The van der Waals surface area contributed by atoms with Crippen LogP contribution in [0.2, 0.25) is 0 Å². The molecule has 0 radical (unpaired) electrons. The third-order valence-corrected chi connectivity index (χ3v) is 11.2. The van der Waals surface area contributed by atoms with Gasteiger partial charge >= 0.3 is 5.97 Å². The van der Waals surface area contributed by atoms with E-state index in [1.807, 2.05) is 0 Å². The summed E-state index contributed by atoms with van der Waals surface area (Å²) in [6, 6.07) is 2.53. The molecule has 2 aliphatic carbocycles. The maximum atomic E-state index is 13.7. The van der Waals surface area contributed by atoms with Crippen LogP contribution in [0.1, 0.15) is 77.0 Å². The molecule has 2 amide bonds. The largest absolute Gasteiger partial charge is 0.481 e. The highest BCUT2D eigenvalue weighted by Crippen LogP contribution is 2.32. The summed E-state index contributed by atoms with van der Waals surface area (Å²) in [6.45, 7) is 0.166. The lowest BCUT2D eigenvalue weighted by atomic mass is 9.82. The number of hydrogen-bond donors (Lipinski definition) is 2. The summed E-state index contributed by atoms with van der Waals surface area (Å²) >= 11 is 1.07. The molecule has 0 bridgehead atoms. The van der Waals surface area contributed by atoms with Crippen LogP contribution in [0.25, 0.3) is 0 Å². The van der Waals surface area contributed by atoms with Gasteiger partial charge in [-0.15, -0.1) is 11.3 Å². The number of hydrogen-bond acceptors (Lipinski definition) is 6. The highest BCUT2D eigenvalue weighted by Gasteiger charge is 2.47. The number of aliphatic carboxylic acids is 1. The molecule has 2 heterocycles. The minimum Gasteiger partial charge on any atom is -0.481 e. The molecule has 1 aromatic heterocycles. The van der Waals surface area contributed by atoms with Gasteiger partial charge in [-0.1, -0.05) is 51.0 Å². The van der Waals surface area contributed by atoms with Gasteiger partial charge in [0.1, 0.15) is 4.21 Å². The first-order valence-corrected chi connectivity index (χ1v) is 15.5. The van der Waals surface area contributed by atoms with Crippen molar-refractivity contribution in [2.45, 2.75) is 93.5 Å². The predicted octanol–water partition coefficient (Wildman–Crippen LogP) is 3.42. The van der Waals surface area contributed by atoms with Crippen molar-refractivity contribution >= 4 is 39.1 Å². The second-order valence-corrected chi connectivity index (χ2v) is 13.4. The maximum Gasteiger partial charge on any atom is 0.305 e. The van der Waals surface area contributed by atoms with Crippen LogP contribution in [0.4, 0.5) is 0 Å². The minimum atomic E-state index is -3.99. The molecule has 1 saturated heterocycles. The molecule has 11 heteroatoms. The van der Waals surface area contributed by atoms with Crippen molar-refractivity contribution in [3.8, 4) is 0 Å². The molecule has 3 fully saturated rings. The van der Waals surface area contributed by atoms with Crippen LogP contribution in [0, 0.1) is 11.8 Å². The van der Waals surface area contributed by atoms with Crippen molar-refractivity contribution in [3.05, 3.63) is 17.5 Å². The first-order chi connectivity index (χ1) is 17.3. The summed E-state index contributed by atoms with van der Waals surface area (Å²) in [5.41, 5.74) is 0. The SMILES string of the molecule is O=C(O)CC(NC(=O)C1N(C(=O)CCC2CCCC2)CCN1S(=O)(=O)c1cccs1)C1CCCCC1. The standard InChI is InChI=1S/C25H37N3O6S2/c29-21(13-12-18-7-4-5-8-18)27-14-15-28(36(33,34)23-11-6-16-35-23)25(27)24(32)26-20(17-22(30)31)19-9-2-1-3-10-19/h6,11,16,18-20,25H,1-5,7-10,12-15,17H2,(H,26,32)(H,30,31). The predicted molar refractivity (Wildman–Crippen MR) is 136 cm³/mol. The summed E-state index contributed by atoms with van der Waals surface area (Å²) in [6.07, 6.45) is 8.73. The monoisotopic (exact) mass is 539 g/mol. The molecule has 2 atom stereocenters. The molecule has 1 aromatic rings. The first-order valence-electron chi connectivity index (χ1n) is 13.1. The Morgan fingerprint density at radius 1 is 1.06 bits per heavy atom. The molecule has 3 aliphatic rings. The zero-order valence-electron chi connectivity index (χ0n) is 20.6. The Balaban J connectivity index is 1.56. The molecule has 4 rings (SSSR count). The fraction of sp³-hybridized carbons (Fsp3) is 0.720. The molecule has 200 valence electrons.